The summed E-state index contributed by atoms with van der Waals surface area (Å²) >= 11 is 0. The second-order valence-electron chi connectivity index (χ2n) is 4.68. The van der Waals surface area contributed by atoms with E-state index in [1.807, 2.05) is 0 Å². The van der Waals surface area contributed by atoms with Gasteiger partial charge in [-0.1, -0.05) is 78.6 Å². The predicted molar refractivity (Wildman–Crippen MR) is 92.1 cm³/mol. The Kier molecular flexibility index (Phi) is 69.8. The molecule has 0 aromatic rings. The van der Waals surface area contributed by atoms with E-state index >= 15 is 0 Å². The largest absolute Gasteiger partial charge is 3.00 e. The van der Waals surface area contributed by atoms with Crippen molar-refractivity contribution >= 4 is 0 Å². The van der Waals surface area contributed by atoms with Crippen LogP contribution < -0.4 is 0 Å². The van der Waals surface area contributed by atoms with E-state index in [-0.39, 0.29) is 31.7 Å². The van der Waals surface area contributed by atoms with E-state index in [2.05, 4.69) is 41.5 Å². The summed E-state index contributed by atoms with van der Waals surface area (Å²) in [7, 11) is 0. The molecule has 0 amide bonds. The molecule has 0 spiro atoms. The fraction of sp³-hybridized carbons (Fsp3) is 0.833. The van der Waals surface area contributed by atoms with Gasteiger partial charge in [0.25, 0.3) is 0 Å². The molecule has 1 nitrogen and oxygen atoms in total. The molecule has 2 N–H and O–H groups in total. The molecule has 0 aromatic heterocycles. The smallest absolute Gasteiger partial charge is 0.412 e. The van der Waals surface area contributed by atoms with Crippen LogP contribution in [0.2, 0.25) is 0 Å². The average molecular weight is 365 g/mol. The summed E-state index contributed by atoms with van der Waals surface area (Å²) in [6, 6.07) is 0. The molecule has 0 bridgehead atoms. The molecule has 0 aromatic carbocycles. The molecule has 0 unspecified atom stereocenters. The third-order valence-electron chi connectivity index (χ3n) is 2.56. The Labute approximate surface area is 150 Å². The second-order valence-corrected chi connectivity index (χ2v) is 4.68. The molecule has 20 heavy (non-hydrogen) atoms. The third-order valence-corrected chi connectivity index (χ3v) is 2.56. The standard InChI is InChI=1S/3C6H13.H2O.Zr/c3*1-3-5-6-4-2;;/h3*1,3-6H2,2H3;1H2;/q3*-1;;+3. The van der Waals surface area contributed by atoms with E-state index in [1.54, 1.807) is 0 Å². The van der Waals surface area contributed by atoms with Gasteiger partial charge in [-0.3, -0.25) is 0 Å². The summed E-state index contributed by atoms with van der Waals surface area (Å²) in [6.45, 7) is 17.8. The molecule has 0 rings (SSSR count). The number of rotatable bonds is 9. The van der Waals surface area contributed by atoms with Crippen LogP contribution >= 0.6 is 0 Å². The van der Waals surface area contributed by atoms with Crippen molar-refractivity contribution in [1.82, 2.24) is 0 Å². The molecule has 0 saturated carbocycles. The predicted octanol–water partition coefficient (Wildman–Crippen LogP) is 6.38. The zero-order valence-corrected chi connectivity index (χ0v) is 17.1. The van der Waals surface area contributed by atoms with Crippen molar-refractivity contribution in [1.29, 1.82) is 0 Å². The molecule has 2 heteroatoms. The Morgan fingerprint density at radius 1 is 0.500 bits per heavy atom. The zero-order valence-electron chi connectivity index (χ0n) is 14.6. The Bertz CT molecular complexity index is 66.4. The monoisotopic (exact) mass is 363 g/mol. The van der Waals surface area contributed by atoms with Crippen LogP contribution in [-0.4, -0.2) is 5.48 Å². The van der Waals surface area contributed by atoms with Gasteiger partial charge >= 0.3 is 26.2 Å². The second kappa shape index (κ2) is 42.7. The van der Waals surface area contributed by atoms with Gasteiger partial charge in [0.05, 0.1) is 0 Å². The van der Waals surface area contributed by atoms with Gasteiger partial charge in [-0.15, -0.1) is 0 Å². The van der Waals surface area contributed by atoms with E-state index in [0.29, 0.717) is 0 Å². The van der Waals surface area contributed by atoms with Crippen LogP contribution in [0.15, 0.2) is 0 Å². The maximum absolute atomic E-state index is 3.72. The molecule has 1 radical (unpaired) electrons. The molecule has 0 atom stereocenters. The topological polar surface area (TPSA) is 31.5 Å². The van der Waals surface area contributed by atoms with Crippen LogP contribution in [0.25, 0.3) is 0 Å². The molecule has 0 fully saturated rings. The maximum atomic E-state index is 3.72. The van der Waals surface area contributed by atoms with Crippen molar-refractivity contribution in [3.05, 3.63) is 20.8 Å². The van der Waals surface area contributed by atoms with Gasteiger partial charge in [0, 0.05) is 0 Å². The van der Waals surface area contributed by atoms with Crippen molar-refractivity contribution in [3.8, 4) is 0 Å². The van der Waals surface area contributed by atoms with Gasteiger partial charge in [-0.05, 0) is 0 Å². The molecular formula is C18H41OZr. The van der Waals surface area contributed by atoms with Gasteiger partial charge < -0.3 is 26.2 Å². The van der Waals surface area contributed by atoms with E-state index in [4.69, 9.17) is 0 Å². The molecule has 0 aliphatic heterocycles. The van der Waals surface area contributed by atoms with Gasteiger partial charge in [-0.2, -0.15) is 19.3 Å². The van der Waals surface area contributed by atoms with Crippen molar-refractivity contribution < 1.29 is 31.7 Å². The summed E-state index contributed by atoms with van der Waals surface area (Å²) in [5.74, 6) is 0. The van der Waals surface area contributed by atoms with Crippen molar-refractivity contribution in [2.24, 2.45) is 0 Å². The molecular weight excluding hydrogens is 323 g/mol. The fourth-order valence-electron chi connectivity index (χ4n) is 1.28. The first kappa shape index (κ1) is 32.7. The Balaban J connectivity index is -0.0000000536. The molecule has 0 aliphatic carbocycles. The van der Waals surface area contributed by atoms with Crippen LogP contribution in [0, 0.1) is 20.8 Å². The Hall–Kier alpha value is 0.843. The normalized spacial score (nSPS) is 8.10. The van der Waals surface area contributed by atoms with Crippen LogP contribution in [0.1, 0.15) is 97.8 Å². The minimum atomic E-state index is 0. The average Bonchev–Trinajstić information content (AvgIpc) is 2.42. The molecule has 0 aliphatic rings. The first-order valence-electron chi connectivity index (χ1n) is 8.12. The molecule has 123 valence electrons. The van der Waals surface area contributed by atoms with E-state index in [9.17, 15) is 0 Å². The van der Waals surface area contributed by atoms with Gasteiger partial charge in [0.2, 0.25) is 0 Å². The summed E-state index contributed by atoms with van der Waals surface area (Å²) < 4.78 is 0. The first-order valence-corrected chi connectivity index (χ1v) is 8.12. The van der Waals surface area contributed by atoms with Crippen molar-refractivity contribution in [3.63, 3.8) is 0 Å². The minimum absolute atomic E-state index is 0. The number of unbranched alkanes of at least 4 members (excludes halogenated alkanes) is 9. The quantitative estimate of drug-likeness (QED) is 0.336. The Morgan fingerprint density at radius 2 is 0.700 bits per heavy atom. The van der Waals surface area contributed by atoms with Crippen LogP contribution in [0.4, 0.5) is 0 Å². The Morgan fingerprint density at radius 3 is 0.750 bits per heavy atom. The third kappa shape index (κ3) is 61.9. The SMILES string of the molecule is O.[CH2-]CCCCC.[CH2-]CCCCC.[CH2-]CCCCC.[Zr+3]. The minimum Gasteiger partial charge on any atom is -0.412 e. The molecule has 0 saturated heterocycles. The maximum Gasteiger partial charge on any atom is 3.00 e. The van der Waals surface area contributed by atoms with E-state index in [0.717, 1.165) is 19.3 Å². The van der Waals surface area contributed by atoms with Crippen LogP contribution in [-0.2, 0) is 26.2 Å². The van der Waals surface area contributed by atoms with E-state index < -0.39 is 0 Å². The first-order chi connectivity index (χ1) is 8.74. The van der Waals surface area contributed by atoms with Crippen LogP contribution in [0.3, 0.4) is 0 Å². The summed E-state index contributed by atoms with van der Waals surface area (Å²) in [4.78, 5) is 0. The van der Waals surface area contributed by atoms with Crippen molar-refractivity contribution in [2.45, 2.75) is 97.8 Å². The van der Waals surface area contributed by atoms with Crippen molar-refractivity contribution in [2.75, 3.05) is 0 Å². The summed E-state index contributed by atoms with van der Waals surface area (Å²) in [5.41, 5.74) is 0. The van der Waals surface area contributed by atoms with Gasteiger partial charge in [0.15, 0.2) is 0 Å². The fourth-order valence-corrected chi connectivity index (χ4v) is 1.28. The van der Waals surface area contributed by atoms with Gasteiger partial charge in [0.1, 0.15) is 0 Å². The van der Waals surface area contributed by atoms with Gasteiger partial charge in [-0.25, -0.2) is 0 Å². The molecule has 0 heterocycles. The summed E-state index contributed by atoms with van der Waals surface area (Å²) in [6.07, 6.45) is 15.2. The van der Waals surface area contributed by atoms with Crippen LogP contribution in [0.5, 0.6) is 0 Å². The number of hydrogen-bond donors (Lipinski definition) is 0. The number of hydrogen-bond acceptors (Lipinski definition) is 0. The summed E-state index contributed by atoms with van der Waals surface area (Å²) in [5, 5.41) is 0. The van der Waals surface area contributed by atoms with E-state index in [1.165, 1.54) is 57.8 Å². The zero-order chi connectivity index (χ0) is 14.5.